The first kappa shape index (κ1) is 26.4. The number of carbonyl (C=O) groups is 2. The van der Waals surface area contributed by atoms with Crippen LogP contribution in [0.5, 0.6) is 0 Å². The predicted octanol–water partition coefficient (Wildman–Crippen LogP) is 5.37. The standard InChI is InChI=1S/C33H29N7O3/c41-27-14-17-39(18-15-27)25-6-1-21(2-7-25)32(42)37-24-5-12-31-22(19-24)20-35-40(31)26-8-3-23(4-9-26)36-33(43)30-11-10-28-29(38-30)13-16-34-28/h1-13,16,19-20,27,34,41H,14-15,17-18H2,(H,36,43)(H,37,42). The Morgan fingerprint density at radius 2 is 1.53 bits per heavy atom. The highest BCUT2D eigenvalue weighted by Gasteiger charge is 2.18. The molecule has 0 bridgehead atoms. The van der Waals surface area contributed by atoms with Gasteiger partial charge >= 0.3 is 0 Å². The second-order valence-electron chi connectivity index (χ2n) is 10.7. The highest BCUT2D eigenvalue weighted by Crippen LogP contribution is 2.25. The van der Waals surface area contributed by atoms with Crippen LogP contribution in [0.25, 0.3) is 27.6 Å². The van der Waals surface area contributed by atoms with Crippen molar-refractivity contribution in [2.45, 2.75) is 18.9 Å². The Morgan fingerprint density at radius 3 is 2.33 bits per heavy atom. The summed E-state index contributed by atoms with van der Waals surface area (Å²) in [4.78, 5) is 35.3. The second kappa shape index (κ2) is 11.1. The molecule has 1 fully saturated rings. The number of fused-ring (bicyclic) bond motifs is 2. The number of aromatic amines is 1. The van der Waals surface area contributed by atoms with E-state index >= 15 is 0 Å². The lowest BCUT2D eigenvalue weighted by Gasteiger charge is -2.31. The van der Waals surface area contributed by atoms with Crippen molar-refractivity contribution in [1.82, 2.24) is 19.7 Å². The van der Waals surface area contributed by atoms with Gasteiger partial charge in [0.05, 0.1) is 34.5 Å². The molecule has 7 rings (SSSR count). The molecular formula is C33H29N7O3. The van der Waals surface area contributed by atoms with Crippen molar-refractivity contribution in [3.8, 4) is 5.69 Å². The molecule has 1 aliphatic rings. The largest absolute Gasteiger partial charge is 0.393 e. The normalized spacial score (nSPS) is 13.8. The molecule has 0 radical (unpaired) electrons. The van der Waals surface area contributed by atoms with Crippen LogP contribution < -0.4 is 15.5 Å². The van der Waals surface area contributed by atoms with E-state index < -0.39 is 0 Å². The topological polar surface area (TPSA) is 128 Å². The molecule has 3 aromatic heterocycles. The van der Waals surface area contributed by atoms with Gasteiger partial charge < -0.3 is 25.6 Å². The van der Waals surface area contributed by atoms with Gasteiger partial charge in [0.2, 0.25) is 0 Å². The molecule has 214 valence electrons. The Balaban J connectivity index is 1.01. The molecule has 4 heterocycles. The summed E-state index contributed by atoms with van der Waals surface area (Å²) in [7, 11) is 0. The summed E-state index contributed by atoms with van der Waals surface area (Å²) in [5.41, 5.74) is 6.63. The van der Waals surface area contributed by atoms with E-state index in [4.69, 9.17) is 0 Å². The van der Waals surface area contributed by atoms with Crippen LogP contribution in [-0.2, 0) is 0 Å². The van der Waals surface area contributed by atoms with Crippen molar-refractivity contribution in [2.24, 2.45) is 0 Å². The average molecular weight is 572 g/mol. The number of pyridine rings is 1. The maximum atomic E-state index is 12.9. The Labute approximate surface area is 247 Å². The number of aliphatic hydroxyl groups excluding tert-OH is 1. The first-order chi connectivity index (χ1) is 21.0. The van der Waals surface area contributed by atoms with Crippen LogP contribution in [0.1, 0.15) is 33.7 Å². The van der Waals surface area contributed by atoms with Gasteiger partial charge in [-0.25, -0.2) is 9.67 Å². The van der Waals surface area contributed by atoms with E-state index in [9.17, 15) is 14.7 Å². The SMILES string of the molecule is O=C(Nc1ccc2c(cnn2-c2ccc(NC(=O)c3ccc4[nH]ccc4n3)cc2)c1)c1ccc(N2CCC(O)CC2)cc1. The molecule has 2 amide bonds. The maximum Gasteiger partial charge on any atom is 0.274 e. The summed E-state index contributed by atoms with van der Waals surface area (Å²) in [6.45, 7) is 1.62. The van der Waals surface area contributed by atoms with Crippen LogP contribution in [0.2, 0.25) is 0 Å². The average Bonchev–Trinajstić information content (AvgIpc) is 3.68. The van der Waals surface area contributed by atoms with E-state index in [2.05, 4.69) is 30.6 Å². The molecule has 4 N–H and O–H groups in total. The summed E-state index contributed by atoms with van der Waals surface area (Å²) < 4.78 is 1.81. The number of amides is 2. The summed E-state index contributed by atoms with van der Waals surface area (Å²) in [5, 5.41) is 21.0. The van der Waals surface area contributed by atoms with E-state index in [1.165, 1.54) is 0 Å². The third-order valence-electron chi connectivity index (χ3n) is 7.79. The number of nitrogens with one attached hydrogen (secondary N) is 3. The fraction of sp³-hybridized carbons (Fsp3) is 0.152. The van der Waals surface area contributed by atoms with Crippen molar-refractivity contribution < 1.29 is 14.7 Å². The molecule has 6 aromatic rings. The molecule has 0 atom stereocenters. The summed E-state index contributed by atoms with van der Waals surface area (Å²) >= 11 is 0. The number of hydrogen-bond donors (Lipinski definition) is 4. The summed E-state index contributed by atoms with van der Waals surface area (Å²) in [5.74, 6) is -0.470. The zero-order chi connectivity index (χ0) is 29.3. The number of anilines is 3. The zero-order valence-corrected chi connectivity index (χ0v) is 23.2. The quantitative estimate of drug-likeness (QED) is 0.213. The lowest BCUT2D eigenvalue weighted by atomic mass is 10.1. The smallest absolute Gasteiger partial charge is 0.274 e. The Kier molecular flexibility index (Phi) is 6.80. The lowest BCUT2D eigenvalue weighted by Crippen LogP contribution is -2.35. The predicted molar refractivity (Wildman–Crippen MR) is 167 cm³/mol. The third kappa shape index (κ3) is 5.43. The first-order valence-corrected chi connectivity index (χ1v) is 14.2. The number of rotatable bonds is 6. The molecule has 10 nitrogen and oxygen atoms in total. The van der Waals surface area contributed by atoms with Crippen molar-refractivity contribution in [3.05, 3.63) is 109 Å². The second-order valence-corrected chi connectivity index (χ2v) is 10.7. The number of aromatic nitrogens is 4. The highest BCUT2D eigenvalue weighted by atomic mass is 16.3. The van der Waals surface area contributed by atoms with E-state index in [0.29, 0.717) is 22.6 Å². The van der Waals surface area contributed by atoms with Crippen molar-refractivity contribution in [1.29, 1.82) is 0 Å². The Hall–Kier alpha value is -5.48. The van der Waals surface area contributed by atoms with Gasteiger partial charge in [0.1, 0.15) is 5.69 Å². The zero-order valence-electron chi connectivity index (χ0n) is 23.2. The molecule has 0 aliphatic carbocycles. The van der Waals surface area contributed by atoms with Gasteiger partial charge in [0, 0.05) is 47.3 Å². The van der Waals surface area contributed by atoms with Crippen LogP contribution in [0.15, 0.2) is 97.3 Å². The first-order valence-electron chi connectivity index (χ1n) is 14.2. The minimum Gasteiger partial charge on any atom is -0.393 e. The fourth-order valence-electron chi connectivity index (χ4n) is 5.41. The molecular weight excluding hydrogens is 542 g/mol. The van der Waals surface area contributed by atoms with Gasteiger partial charge in [0.15, 0.2) is 0 Å². The molecule has 1 aliphatic heterocycles. The number of aliphatic hydroxyl groups is 1. The minimum absolute atomic E-state index is 0.187. The van der Waals surface area contributed by atoms with Crippen LogP contribution in [0.3, 0.4) is 0 Å². The van der Waals surface area contributed by atoms with Gasteiger partial charge in [-0.2, -0.15) is 5.10 Å². The van der Waals surface area contributed by atoms with E-state index in [1.807, 2.05) is 83.5 Å². The molecule has 0 spiro atoms. The van der Waals surface area contributed by atoms with Gasteiger partial charge in [-0.15, -0.1) is 0 Å². The number of benzene rings is 3. The van der Waals surface area contributed by atoms with Crippen LogP contribution in [-0.4, -0.2) is 55.9 Å². The van der Waals surface area contributed by atoms with Gasteiger partial charge in [-0.3, -0.25) is 9.59 Å². The summed E-state index contributed by atoms with van der Waals surface area (Å²) in [6, 6.07) is 26.0. The van der Waals surface area contributed by atoms with Crippen molar-refractivity contribution in [3.63, 3.8) is 0 Å². The highest BCUT2D eigenvalue weighted by molar-refractivity contribution is 6.05. The molecule has 0 saturated carbocycles. The number of hydrogen-bond acceptors (Lipinski definition) is 6. The Bertz CT molecular complexity index is 1940. The molecule has 3 aromatic carbocycles. The van der Waals surface area contributed by atoms with E-state index in [-0.39, 0.29) is 17.9 Å². The van der Waals surface area contributed by atoms with E-state index in [1.54, 1.807) is 18.5 Å². The molecule has 1 saturated heterocycles. The number of nitrogens with zero attached hydrogens (tertiary/aromatic N) is 4. The Morgan fingerprint density at radius 1 is 0.814 bits per heavy atom. The lowest BCUT2D eigenvalue weighted by molar-refractivity contribution is 0.101. The van der Waals surface area contributed by atoms with Crippen molar-refractivity contribution in [2.75, 3.05) is 28.6 Å². The van der Waals surface area contributed by atoms with Crippen LogP contribution in [0.4, 0.5) is 17.1 Å². The molecule has 10 heteroatoms. The van der Waals surface area contributed by atoms with Gasteiger partial charge in [0.25, 0.3) is 11.8 Å². The van der Waals surface area contributed by atoms with Gasteiger partial charge in [-0.05, 0) is 97.8 Å². The fourth-order valence-corrected chi connectivity index (χ4v) is 5.41. The monoisotopic (exact) mass is 571 g/mol. The number of carbonyl (C=O) groups excluding carboxylic acids is 2. The molecule has 43 heavy (non-hydrogen) atoms. The van der Waals surface area contributed by atoms with Crippen LogP contribution >= 0.6 is 0 Å². The molecule has 0 unspecified atom stereocenters. The maximum absolute atomic E-state index is 12.9. The van der Waals surface area contributed by atoms with Crippen molar-refractivity contribution >= 4 is 50.8 Å². The number of piperidine rings is 1. The minimum atomic E-state index is -0.284. The summed E-state index contributed by atoms with van der Waals surface area (Å²) in [6.07, 6.45) is 4.84. The van der Waals surface area contributed by atoms with Crippen LogP contribution in [0, 0.1) is 0 Å². The van der Waals surface area contributed by atoms with Gasteiger partial charge in [-0.1, -0.05) is 0 Å². The third-order valence-corrected chi connectivity index (χ3v) is 7.79. The van der Waals surface area contributed by atoms with E-state index in [0.717, 1.165) is 59.2 Å². The number of H-pyrrole nitrogens is 1.